The number of aromatic nitrogens is 2. The van der Waals surface area contributed by atoms with Gasteiger partial charge in [0.15, 0.2) is 6.61 Å². The van der Waals surface area contributed by atoms with Crippen LogP contribution in [0.1, 0.15) is 23.2 Å². The number of nitrogens with one attached hydrogen (secondary N) is 1. The summed E-state index contributed by atoms with van der Waals surface area (Å²) in [6.07, 6.45) is 0.979. The Balaban J connectivity index is 1.24. The molecule has 2 amide bonds. The van der Waals surface area contributed by atoms with Crippen molar-refractivity contribution in [3.8, 4) is 0 Å². The fraction of sp³-hybridized carbons (Fsp3) is 0.286. The zero-order chi connectivity index (χ0) is 21.8. The lowest BCUT2D eigenvalue weighted by Gasteiger charge is -2.31. The normalized spacial score (nSPS) is 14.4. The Labute approximate surface area is 187 Å². The molecule has 0 bridgehead atoms. The lowest BCUT2D eigenvalue weighted by Crippen LogP contribution is -2.41. The number of piperidine rings is 1. The minimum absolute atomic E-state index is 0.0893. The number of fused-ring (bicyclic) bond motifs is 1. The zero-order valence-corrected chi connectivity index (χ0v) is 18.0. The van der Waals surface area contributed by atoms with E-state index in [-0.39, 0.29) is 18.4 Å². The molecule has 1 aliphatic heterocycles. The number of carbonyl (C=O) groups excluding carboxylic acids is 3. The molecule has 1 saturated heterocycles. The summed E-state index contributed by atoms with van der Waals surface area (Å²) in [5.41, 5.74) is 2.39. The van der Waals surface area contributed by atoms with E-state index in [1.807, 2.05) is 0 Å². The number of esters is 1. The Morgan fingerprint density at radius 2 is 1.84 bits per heavy atom. The van der Waals surface area contributed by atoms with Crippen molar-refractivity contribution in [2.45, 2.75) is 12.8 Å². The summed E-state index contributed by atoms with van der Waals surface area (Å²) in [7, 11) is 0. The fourth-order valence-electron chi connectivity index (χ4n) is 3.44. The molecule has 3 aromatic rings. The molecule has 4 rings (SSSR count). The lowest BCUT2D eigenvalue weighted by atomic mass is 9.96. The van der Waals surface area contributed by atoms with Crippen LogP contribution in [0.4, 0.5) is 5.69 Å². The van der Waals surface area contributed by atoms with E-state index in [2.05, 4.69) is 14.1 Å². The molecule has 0 aliphatic carbocycles. The van der Waals surface area contributed by atoms with E-state index in [4.69, 9.17) is 16.3 Å². The van der Waals surface area contributed by atoms with Gasteiger partial charge in [-0.05, 0) is 49.2 Å². The first kappa shape index (κ1) is 21.2. The highest BCUT2D eigenvalue weighted by Crippen LogP contribution is 2.22. The molecule has 2 aromatic carbocycles. The Hall–Kier alpha value is -3.04. The van der Waals surface area contributed by atoms with Crippen molar-refractivity contribution >= 4 is 57.8 Å². The second kappa shape index (κ2) is 9.40. The Kier molecular flexibility index (Phi) is 6.43. The van der Waals surface area contributed by atoms with Crippen molar-refractivity contribution in [2.75, 3.05) is 25.0 Å². The van der Waals surface area contributed by atoms with E-state index < -0.39 is 11.9 Å². The topological polar surface area (TPSA) is 101 Å². The van der Waals surface area contributed by atoms with Gasteiger partial charge in [-0.15, -0.1) is 0 Å². The summed E-state index contributed by atoms with van der Waals surface area (Å²) in [4.78, 5) is 38.8. The molecule has 0 unspecified atom stereocenters. The molecule has 1 aromatic heterocycles. The van der Waals surface area contributed by atoms with Crippen molar-refractivity contribution < 1.29 is 19.1 Å². The van der Waals surface area contributed by atoms with Gasteiger partial charge in [0.2, 0.25) is 0 Å². The third kappa shape index (κ3) is 5.00. The average molecular weight is 459 g/mol. The van der Waals surface area contributed by atoms with Crippen LogP contribution in [0.25, 0.3) is 11.0 Å². The van der Waals surface area contributed by atoms with Crippen LogP contribution in [0.3, 0.4) is 0 Å². The standard InChI is InChI=1S/C21H19ClN4O4S/c22-15-6-4-13(5-7-15)20(28)26-10-8-14(9-11-26)21(29)30-12-18(27)23-16-2-1-3-17-19(16)25-31-24-17/h1-7,14H,8-12H2,(H,23,27). The van der Waals surface area contributed by atoms with Crippen LogP contribution in [0.2, 0.25) is 5.02 Å². The second-order valence-electron chi connectivity index (χ2n) is 7.17. The van der Waals surface area contributed by atoms with Gasteiger partial charge in [-0.2, -0.15) is 8.75 Å². The molecule has 0 spiro atoms. The number of rotatable bonds is 5. The van der Waals surface area contributed by atoms with E-state index in [0.29, 0.717) is 53.2 Å². The van der Waals surface area contributed by atoms with Crippen molar-refractivity contribution in [3.05, 3.63) is 53.1 Å². The zero-order valence-electron chi connectivity index (χ0n) is 16.4. The first-order chi connectivity index (χ1) is 15.0. The number of halogens is 1. The monoisotopic (exact) mass is 458 g/mol. The van der Waals surface area contributed by atoms with Gasteiger partial charge in [0.25, 0.3) is 11.8 Å². The van der Waals surface area contributed by atoms with E-state index in [9.17, 15) is 14.4 Å². The number of amides is 2. The van der Waals surface area contributed by atoms with Crippen LogP contribution < -0.4 is 5.32 Å². The number of carbonyl (C=O) groups is 3. The van der Waals surface area contributed by atoms with Gasteiger partial charge in [-0.1, -0.05) is 17.7 Å². The van der Waals surface area contributed by atoms with Crippen LogP contribution in [-0.2, 0) is 14.3 Å². The molecular formula is C21H19ClN4O4S. The maximum Gasteiger partial charge on any atom is 0.309 e. The molecule has 160 valence electrons. The van der Waals surface area contributed by atoms with Gasteiger partial charge in [-0.25, -0.2) is 0 Å². The lowest BCUT2D eigenvalue weighted by molar-refractivity contribution is -0.152. The summed E-state index contributed by atoms with van der Waals surface area (Å²) in [6, 6.07) is 12.0. The first-order valence-electron chi connectivity index (χ1n) is 9.74. The van der Waals surface area contributed by atoms with Gasteiger partial charge >= 0.3 is 5.97 Å². The maximum atomic E-state index is 12.6. The van der Waals surface area contributed by atoms with Crippen molar-refractivity contribution in [1.82, 2.24) is 13.6 Å². The van der Waals surface area contributed by atoms with Gasteiger partial charge < -0.3 is 15.0 Å². The maximum absolute atomic E-state index is 12.6. The third-order valence-electron chi connectivity index (χ3n) is 5.11. The second-order valence-corrected chi connectivity index (χ2v) is 8.13. The first-order valence-corrected chi connectivity index (χ1v) is 10.8. The predicted octanol–water partition coefficient (Wildman–Crippen LogP) is 3.38. The van der Waals surface area contributed by atoms with E-state index in [1.165, 1.54) is 0 Å². The molecule has 0 radical (unpaired) electrons. The number of hydrogen-bond donors (Lipinski definition) is 1. The Bertz CT molecular complexity index is 1110. The van der Waals surface area contributed by atoms with E-state index >= 15 is 0 Å². The van der Waals surface area contributed by atoms with Crippen molar-refractivity contribution in [2.24, 2.45) is 5.92 Å². The van der Waals surface area contributed by atoms with E-state index in [1.54, 1.807) is 47.4 Å². The third-order valence-corrected chi connectivity index (χ3v) is 5.91. The highest BCUT2D eigenvalue weighted by Gasteiger charge is 2.29. The Morgan fingerprint density at radius 1 is 1.10 bits per heavy atom. The van der Waals surface area contributed by atoms with Gasteiger partial charge in [0, 0.05) is 23.7 Å². The predicted molar refractivity (Wildman–Crippen MR) is 117 cm³/mol. The van der Waals surface area contributed by atoms with Gasteiger partial charge in [0.05, 0.1) is 23.3 Å². The summed E-state index contributed by atoms with van der Waals surface area (Å²) in [5, 5.41) is 3.27. The number of likely N-dealkylation sites (tertiary alicyclic amines) is 1. The number of benzene rings is 2. The number of nitrogens with zero attached hydrogens (tertiary/aromatic N) is 3. The number of anilines is 1. The molecule has 0 saturated carbocycles. The highest BCUT2D eigenvalue weighted by molar-refractivity contribution is 7.00. The summed E-state index contributed by atoms with van der Waals surface area (Å²) >= 11 is 6.93. The molecule has 1 aliphatic rings. The molecule has 8 nitrogen and oxygen atoms in total. The molecule has 0 atom stereocenters. The largest absolute Gasteiger partial charge is 0.455 e. The molecule has 1 fully saturated rings. The number of ether oxygens (including phenoxy) is 1. The molecule has 31 heavy (non-hydrogen) atoms. The van der Waals surface area contributed by atoms with Gasteiger partial charge in [0.1, 0.15) is 11.0 Å². The average Bonchev–Trinajstić information content (AvgIpc) is 3.28. The van der Waals surface area contributed by atoms with Crippen molar-refractivity contribution in [3.63, 3.8) is 0 Å². The molecule has 2 heterocycles. The van der Waals surface area contributed by atoms with Crippen LogP contribution >= 0.6 is 23.3 Å². The summed E-state index contributed by atoms with van der Waals surface area (Å²) in [6.45, 7) is 0.523. The smallest absolute Gasteiger partial charge is 0.309 e. The minimum Gasteiger partial charge on any atom is -0.455 e. The Morgan fingerprint density at radius 3 is 2.58 bits per heavy atom. The van der Waals surface area contributed by atoms with Crippen LogP contribution in [0.15, 0.2) is 42.5 Å². The van der Waals surface area contributed by atoms with Crippen LogP contribution in [0, 0.1) is 5.92 Å². The summed E-state index contributed by atoms with van der Waals surface area (Å²) < 4.78 is 13.5. The van der Waals surface area contributed by atoms with Gasteiger partial charge in [-0.3, -0.25) is 14.4 Å². The fourth-order valence-corrected chi connectivity index (χ4v) is 4.12. The minimum atomic E-state index is -0.441. The van der Waals surface area contributed by atoms with Crippen LogP contribution in [0.5, 0.6) is 0 Å². The highest BCUT2D eigenvalue weighted by atomic mass is 35.5. The molecule has 10 heteroatoms. The molecular weight excluding hydrogens is 440 g/mol. The quantitative estimate of drug-likeness (QED) is 0.588. The molecule has 1 N–H and O–H groups in total. The SMILES string of the molecule is O=C(COC(=O)C1CCN(C(=O)c2ccc(Cl)cc2)CC1)Nc1cccc2nsnc12. The summed E-state index contributed by atoms with van der Waals surface area (Å²) in [5.74, 6) is -1.30. The van der Waals surface area contributed by atoms with Crippen molar-refractivity contribution in [1.29, 1.82) is 0 Å². The van der Waals surface area contributed by atoms with Crippen LogP contribution in [-0.4, -0.2) is 51.1 Å². The number of hydrogen-bond acceptors (Lipinski definition) is 7. The van der Waals surface area contributed by atoms with E-state index in [0.717, 1.165) is 11.7 Å².